The molecule has 3 aliphatic rings. The van der Waals surface area contributed by atoms with Crippen LogP contribution >= 0.6 is 0 Å². The molecule has 2 bridgehead atoms. The molecule has 0 saturated heterocycles. The van der Waals surface area contributed by atoms with Crippen LogP contribution in [0, 0.1) is 46.2 Å². The third-order valence-corrected chi connectivity index (χ3v) is 5.96. The van der Waals surface area contributed by atoms with E-state index < -0.39 is 5.82 Å². The quantitative estimate of drug-likeness (QED) is 0.728. The Morgan fingerprint density at radius 1 is 1.18 bits per heavy atom. The van der Waals surface area contributed by atoms with E-state index in [2.05, 4.69) is 13.0 Å². The second-order valence-electron chi connectivity index (χ2n) is 7.36. The summed E-state index contributed by atoms with van der Waals surface area (Å²) in [6.07, 6.45) is 7.17. The lowest BCUT2D eigenvalue weighted by molar-refractivity contribution is 0.308. The van der Waals surface area contributed by atoms with Gasteiger partial charge in [0.05, 0.1) is 11.1 Å². The Kier molecular flexibility index (Phi) is 2.73. The van der Waals surface area contributed by atoms with Gasteiger partial charge < -0.3 is 0 Å². The maximum absolute atomic E-state index is 14.0. The van der Waals surface area contributed by atoms with Crippen LogP contribution in [0.25, 0.3) is 0 Å². The Balaban J connectivity index is 1.85. The maximum Gasteiger partial charge on any atom is 0.158 e. The molecule has 2 nitrogen and oxygen atoms in total. The van der Waals surface area contributed by atoms with E-state index in [1.165, 1.54) is 24.8 Å². The molecule has 0 N–H and O–H groups in total. The minimum absolute atomic E-state index is 0.0189. The Labute approximate surface area is 129 Å². The predicted molar refractivity (Wildman–Crippen MR) is 80.2 cm³/mol. The SMILES string of the molecule is CC1(c2cc(C#N)c(F)c(C#N)c2)C=C2CC3CC(CC23)C1. The molecule has 0 heterocycles. The first-order valence-electron chi connectivity index (χ1n) is 7.90. The molecule has 4 unspecified atom stereocenters. The molecule has 2 fully saturated rings. The van der Waals surface area contributed by atoms with Crippen molar-refractivity contribution in [2.75, 3.05) is 0 Å². The smallest absolute Gasteiger partial charge is 0.158 e. The van der Waals surface area contributed by atoms with Gasteiger partial charge in [0, 0.05) is 5.41 Å². The summed E-state index contributed by atoms with van der Waals surface area (Å²) in [5, 5.41) is 18.3. The summed E-state index contributed by atoms with van der Waals surface area (Å²) in [5.41, 5.74) is 2.22. The molecular formula is C19H17FN2. The summed E-state index contributed by atoms with van der Waals surface area (Å²) in [6.45, 7) is 2.17. The summed E-state index contributed by atoms with van der Waals surface area (Å²) in [4.78, 5) is 0. The van der Waals surface area contributed by atoms with Crippen molar-refractivity contribution in [2.45, 2.75) is 38.0 Å². The van der Waals surface area contributed by atoms with Gasteiger partial charge >= 0.3 is 0 Å². The molecule has 0 aromatic heterocycles. The van der Waals surface area contributed by atoms with Crippen LogP contribution in [0.4, 0.5) is 4.39 Å². The Morgan fingerprint density at radius 3 is 2.50 bits per heavy atom. The van der Waals surface area contributed by atoms with E-state index in [9.17, 15) is 4.39 Å². The monoisotopic (exact) mass is 292 g/mol. The molecule has 2 saturated carbocycles. The van der Waals surface area contributed by atoms with Gasteiger partial charge in [-0.3, -0.25) is 0 Å². The number of hydrogen-bond acceptors (Lipinski definition) is 2. The fourth-order valence-electron chi connectivity index (χ4n) is 4.93. The zero-order valence-electron chi connectivity index (χ0n) is 12.6. The largest absolute Gasteiger partial charge is 0.204 e. The van der Waals surface area contributed by atoms with Crippen molar-refractivity contribution in [2.24, 2.45) is 17.8 Å². The number of nitrogens with zero attached hydrogens (tertiary/aromatic N) is 2. The molecule has 4 rings (SSSR count). The lowest BCUT2D eigenvalue weighted by atomic mass is 9.66. The molecule has 0 spiro atoms. The van der Waals surface area contributed by atoms with Crippen LogP contribution in [0.1, 0.15) is 49.3 Å². The van der Waals surface area contributed by atoms with Crippen molar-refractivity contribution in [1.29, 1.82) is 10.5 Å². The minimum atomic E-state index is -0.691. The Bertz CT molecular complexity index is 745. The first-order valence-corrected chi connectivity index (χ1v) is 7.90. The molecule has 3 aliphatic carbocycles. The highest BCUT2D eigenvalue weighted by molar-refractivity contribution is 5.49. The molecule has 3 heteroatoms. The van der Waals surface area contributed by atoms with E-state index in [1.807, 2.05) is 12.1 Å². The molecule has 1 aromatic carbocycles. The molecule has 0 amide bonds. The zero-order chi connectivity index (χ0) is 15.5. The van der Waals surface area contributed by atoms with E-state index >= 15 is 0 Å². The molecule has 4 atom stereocenters. The van der Waals surface area contributed by atoms with Crippen LogP contribution in [-0.2, 0) is 5.41 Å². The second-order valence-corrected chi connectivity index (χ2v) is 7.36. The van der Waals surface area contributed by atoms with Gasteiger partial charge in [-0.05, 0) is 61.1 Å². The number of rotatable bonds is 1. The van der Waals surface area contributed by atoms with Gasteiger partial charge in [0.25, 0.3) is 0 Å². The third-order valence-electron chi connectivity index (χ3n) is 5.96. The van der Waals surface area contributed by atoms with Crippen molar-refractivity contribution >= 4 is 0 Å². The van der Waals surface area contributed by atoms with E-state index in [0.29, 0.717) is 5.92 Å². The van der Waals surface area contributed by atoms with Crippen LogP contribution in [0.15, 0.2) is 23.8 Å². The van der Waals surface area contributed by atoms with Crippen molar-refractivity contribution in [3.8, 4) is 12.1 Å². The zero-order valence-corrected chi connectivity index (χ0v) is 12.6. The maximum atomic E-state index is 14.0. The van der Waals surface area contributed by atoms with Gasteiger partial charge in [0.2, 0.25) is 0 Å². The van der Waals surface area contributed by atoms with Gasteiger partial charge in [0.1, 0.15) is 12.1 Å². The molecule has 1 aromatic rings. The highest BCUT2D eigenvalue weighted by atomic mass is 19.1. The van der Waals surface area contributed by atoms with Crippen LogP contribution < -0.4 is 0 Å². The van der Waals surface area contributed by atoms with Gasteiger partial charge in [-0.1, -0.05) is 18.6 Å². The number of benzene rings is 1. The average Bonchev–Trinajstić information content (AvgIpc) is 2.74. The average molecular weight is 292 g/mol. The van der Waals surface area contributed by atoms with Crippen molar-refractivity contribution in [3.05, 3.63) is 46.3 Å². The van der Waals surface area contributed by atoms with Crippen LogP contribution in [0.2, 0.25) is 0 Å². The second kappa shape index (κ2) is 4.43. The van der Waals surface area contributed by atoms with Gasteiger partial charge in [0.15, 0.2) is 5.82 Å². The van der Waals surface area contributed by atoms with E-state index in [4.69, 9.17) is 10.5 Å². The third kappa shape index (κ3) is 1.75. The predicted octanol–water partition coefficient (Wildman–Crippen LogP) is 4.20. The first kappa shape index (κ1) is 13.5. The van der Waals surface area contributed by atoms with E-state index in [0.717, 1.165) is 23.8 Å². The lowest BCUT2D eigenvalue weighted by Gasteiger charge is -2.39. The van der Waals surface area contributed by atoms with Crippen molar-refractivity contribution in [1.82, 2.24) is 0 Å². The van der Waals surface area contributed by atoms with Crippen molar-refractivity contribution < 1.29 is 4.39 Å². The van der Waals surface area contributed by atoms with E-state index in [1.54, 1.807) is 12.1 Å². The first-order chi connectivity index (χ1) is 10.5. The summed E-state index contributed by atoms with van der Waals surface area (Å²) in [5.74, 6) is 1.66. The van der Waals surface area contributed by atoms with Gasteiger partial charge in [-0.2, -0.15) is 10.5 Å². The number of halogens is 1. The fraction of sp³-hybridized carbons (Fsp3) is 0.474. The number of nitriles is 2. The normalized spacial score (nSPS) is 34.9. The van der Waals surface area contributed by atoms with Crippen LogP contribution in [0.5, 0.6) is 0 Å². The fourth-order valence-corrected chi connectivity index (χ4v) is 4.93. The molecule has 22 heavy (non-hydrogen) atoms. The number of allylic oxidation sites excluding steroid dienone is 2. The lowest BCUT2D eigenvalue weighted by Crippen LogP contribution is -2.29. The van der Waals surface area contributed by atoms with Crippen molar-refractivity contribution in [3.63, 3.8) is 0 Å². The summed E-state index contributed by atoms with van der Waals surface area (Å²) in [6, 6.07) is 7.06. The minimum Gasteiger partial charge on any atom is -0.204 e. The summed E-state index contributed by atoms with van der Waals surface area (Å²) < 4.78 is 14.0. The topological polar surface area (TPSA) is 47.6 Å². The molecule has 110 valence electrons. The molecule has 0 radical (unpaired) electrons. The standard InChI is InChI=1S/C19H17FN2/c1-19(7-11-2-12-4-13(8-19)17(12)3-11)16-5-14(9-21)18(20)15(6-16)10-22/h5-6,8,11-12,17H,2-4,7H2,1H3. The summed E-state index contributed by atoms with van der Waals surface area (Å²) >= 11 is 0. The van der Waals surface area contributed by atoms with Crippen LogP contribution in [-0.4, -0.2) is 0 Å². The number of hydrogen-bond donors (Lipinski definition) is 0. The number of fused-ring (bicyclic) bond motifs is 1. The highest BCUT2D eigenvalue weighted by Crippen LogP contribution is 2.59. The summed E-state index contributed by atoms with van der Waals surface area (Å²) in [7, 11) is 0. The van der Waals surface area contributed by atoms with E-state index in [-0.39, 0.29) is 16.5 Å². The van der Waals surface area contributed by atoms with Gasteiger partial charge in [-0.15, -0.1) is 0 Å². The highest BCUT2D eigenvalue weighted by Gasteiger charge is 2.49. The Morgan fingerprint density at radius 2 is 1.86 bits per heavy atom. The van der Waals surface area contributed by atoms with Crippen LogP contribution in [0.3, 0.4) is 0 Å². The molecule has 0 aliphatic heterocycles. The molecular weight excluding hydrogens is 275 g/mol. The van der Waals surface area contributed by atoms with Gasteiger partial charge in [-0.25, -0.2) is 4.39 Å². The Hall–Kier alpha value is -2.13.